The van der Waals surface area contributed by atoms with Gasteiger partial charge >= 0.3 is 5.97 Å². The zero-order chi connectivity index (χ0) is 13.1. The molecule has 3 rings (SSSR count). The minimum atomic E-state index is -0.500. The second kappa shape index (κ2) is 5.72. The fraction of sp³-hybridized carbons (Fsp3) is 0.533. The van der Waals surface area contributed by atoms with E-state index < -0.39 is 6.10 Å². The van der Waals surface area contributed by atoms with Crippen molar-refractivity contribution in [2.45, 2.75) is 44.2 Å². The SMILES string of the molecule is O=C1O[C@H]2CCCO[C@@H]2C[C@@H]1OCc1ccccc1. The number of fused-ring (bicyclic) bond motifs is 1. The van der Waals surface area contributed by atoms with Gasteiger partial charge in [0.05, 0.1) is 12.7 Å². The first-order chi connectivity index (χ1) is 9.33. The zero-order valence-electron chi connectivity index (χ0n) is 10.8. The standard InChI is InChI=1S/C15H18O4/c16-15-14(18-10-11-5-2-1-3-6-11)9-13-12(19-15)7-4-8-17-13/h1-3,5-6,12-14H,4,7-10H2/t12-,13+,14-/m0/s1. The molecule has 0 radical (unpaired) electrons. The van der Waals surface area contributed by atoms with Crippen molar-refractivity contribution in [1.82, 2.24) is 0 Å². The van der Waals surface area contributed by atoms with Crippen LogP contribution in [0.25, 0.3) is 0 Å². The number of hydrogen-bond donors (Lipinski definition) is 0. The smallest absolute Gasteiger partial charge is 0.335 e. The largest absolute Gasteiger partial charge is 0.458 e. The molecule has 4 heteroatoms. The van der Waals surface area contributed by atoms with E-state index in [1.54, 1.807) is 0 Å². The molecule has 0 aliphatic carbocycles. The molecule has 1 aromatic carbocycles. The van der Waals surface area contributed by atoms with Crippen LogP contribution in [0.15, 0.2) is 30.3 Å². The van der Waals surface area contributed by atoms with E-state index >= 15 is 0 Å². The predicted molar refractivity (Wildman–Crippen MR) is 68.5 cm³/mol. The van der Waals surface area contributed by atoms with Crippen LogP contribution in [0.3, 0.4) is 0 Å². The second-order valence-electron chi connectivity index (χ2n) is 5.05. The van der Waals surface area contributed by atoms with Gasteiger partial charge in [0.1, 0.15) is 6.10 Å². The van der Waals surface area contributed by atoms with Crippen molar-refractivity contribution in [3.63, 3.8) is 0 Å². The molecule has 0 N–H and O–H groups in total. The number of ether oxygens (including phenoxy) is 3. The lowest BCUT2D eigenvalue weighted by Crippen LogP contribution is -2.48. The number of benzene rings is 1. The van der Waals surface area contributed by atoms with E-state index in [1.165, 1.54) is 0 Å². The van der Waals surface area contributed by atoms with Crippen molar-refractivity contribution in [2.75, 3.05) is 6.61 Å². The van der Waals surface area contributed by atoms with E-state index in [1.807, 2.05) is 30.3 Å². The second-order valence-corrected chi connectivity index (χ2v) is 5.05. The molecule has 0 bridgehead atoms. The Kier molecular flexibility index (Phi) is 3.80. The average molecular weight is 262 g/mol. The molecule has 102 valence electrons. The molecular formula is C15H18O4. The highest BCUT2D eigenvalue weighted by molar-refractivity contribution is 5.75. The van der Waals surface area contributed by atoms with Crippen molar-refractivity contribution < 1.29 is 19.0 Å². The number of esters is 1. The molecule has 2 fully saturated rings. The summed E-state index contributed by atoms with van der Waals surface area (Å²) in [6.45, 7) is 1.18. The molecule has 2 saturated heterocycles. The van der Waals surface area contributed by atoms with Crippen LogP contribution in [0.4, 0.5) is 0 Å². The Labute approximate surface area is 112 Å². The molecule has 0 amide bonds. The van der Waals surface area contributed by atoms with E-state index in [0.29, 0.717) is 13.0 Å². The van der Waals surface area contributed by atoms with Gasteiger partial charge in [0.25, 0.3) is 0 Å². The van der Waals surface area contributed by atoms with Crippen LogP contribution in [0.1, 0.15) is 24.8 Å². The van der Waals surface area contributed by atoms with Crippen molar-refractivity contribution in [1.29, 1.82) is 0 Å². The molecule has 2 aliphatic heterocycles. The monoisotopic (exact) mass is 262 g/mol. The van der Waals surface area contributed by atoms with Gasteiger partial charge in [-0.1, -0.05) is 30.3 Å². The summed E-state index contributed by atoms with van der Waals surface area (Å²) in [5.74, 6) is -0.248. The Bertz CT molecular complexity index is 431. The van der Waals surface area contributed by atoms with Gasteiger partial charge in [-0.25, -0.2) is 4.79 Å². The van der Waals surface area contributed by atoms with Gasteiger partial charge in [-0.15, -0.1) is 0 Å². The Morgan fingerprint density at radius 1 is 1.21 bits per heavy atom. The first-order valence-corrected chi connectivity index (χ1v) is 6.80. The predicted octanol–water partition coefficient (Wildman–Crippen LogP) is 2.07. The first-order valence-electron chi connectivity index (χ1n) is 6.80. The quantitative estimate of drug-likeness (QED) is 0.782. The zero-order valence-corrected chi connectivity index (χ0v) is 10.8. The molecule has 2 aliphatic rings. The summed E-state index contributed by atoms with van der Waals surface area (Å²) in [4.78, 5) is 11.9. The maximum Gasteiger partial charge on any atom is 0.335 e. The Hall–Kier alpha value is -1.39. The molecule has 1 aromatic rings. The minimum Gasteiger partial charge on any atom is -0.458 e. The van der Waals surface area contributed by atoms with Gasteiger partial charge in [0.2, 0.25) is 0 Å². The third kappa shape index (κ3) is 2.96. The topological polar surface area (TPSA) is 44.8 Å². The third-order valence-electron chi connectivity index (χ3n) is 3.65. The third-order valence-corrected chi connectivity index (χ3v) is 3.65. The number of hydrogen-bond acceptors (Lipinski definition) is 4. The fourth-order valence-corrected chi connectivity index (χ4v) is 2.61. The lowest BCUT2D eigenvalue weighted by atomic mass is 9.97. The van der Waals surface area contributed by atoms with Gasteiger partial charge in [-0.05, 0) is 18.4 Å². The lowest BCUT2D eigenvalue weighted by molar-refractivity contribution is -0.198. The van der Waals surface area contributed by atoms with Crippen LogP contribution >= 0.6 is 0 Å². The van der Waals surface area contributed by atoms with Crippen molar-refractivity contribution >= 4 is 5.97 Å². The van der Waals surface area contributed by atoms with Gasteiger partial charge in [0.15, 0.2) is 6.10 Å². The molecule has 19 heavy (non-hydrogen) atoms. The van der Waals surface area contributed by atoms with Crippen LogP contribution in [-0.4, -0.2) is 30.9 Å². The first kappa shape index (κ1) is 12.6. The minimum absolute atomic E-state index is 0.00669. The summed E-state index contributed by atoms with van der Waals surface area (Å²) < 4.78 is 16.7. The highest BCUT2D eigenvalue weighted by Crippen LogP contribution is 2.27. The summed E-state index contributed by atoms with van der Waals surface area (Å²) >= 11 is 0. The summed E-state index contributed by atoms with van der Waals surface area (Å²) in [7, 11) is 0. The number of carbonyl (C=O) groups excluding carboxylic acids is 1. The summed E-state index contributed by atoms with van der Waals surface area (Å²) in [6.07, 6.45) is 1.91. The summed E-state index contributed by atoms with van der Waals surface area (Å²) in [6, 6.07) is 9.83. The van der Waals surface area contributed by atoms with Crippen LogP contribution in [0.5, 0.6) is 0 Å². The molecule has 2 heterocycles. The Morgan fingerprint density at radius 3 is 2.89 bits per heavy atom. The van der Waals surface area contributed by atoms with E-state index in [9.17, 15) is 4.79 Å². The van der Waals surface area contributed by atoms with E-state index in [4.69, 9.17) is 14.2 Å². The molecule has 4 nitrogen and oxygen atoms in total. The fourth-order valence-electron chi connectivity index (χ4n) is 2.61. The Balaban J connectivity index is 1.57. The van der Waals surface area contributed by atoms with Crippen molar-refractivity contribution in [2.24, 2.45) is 0 Å². The normalized spacial score (nSPS) is 30.5. The van der Waals surface area contributed by atoms with E-state index in [-0.39, 0.29) is 18.2 Å². The number of carbonyl (C=O) groups is 1. The summed E-state index contributed by atoms with van der Waals surface area (Å²) in [5.41, 5.74) is 1.06. The van der Waals surface area contributed by atoms with Crippen LogP contribution < -0.4 is 0 Å². The molecule has 3 atom stereocenters. The van der Waals surface area contributed by atoms with E-state index in [2.05, 4.69) is 0 Å². The molecule has 0 spiro atoms. The molecule has 0 unspecified atom stereocenters. The maximum absolute atomic E-state index is 11.9. The van der Waals surface area contributed by atoms with Crippen LogP contribution in [0, 0.1) is 0 Å². The maximum atomic E-state index is 11.9. The average Bonchev–Trinajstić information content (AvgIpc) is 2.46. The van der Waals surface area contributed by atoms with Gasteiger partial charge < -0.3 is 14.2 Å². The highest BCUT2D eigenvalue weighted by Gasteiger charge is 2.40. The van der Waals surface area contributed by atoms with Gasteiger partial charge in [-0.3, -0.25) is 0 Å². The van der Waals surface area contributed by atoms with Gasteiger partial charge in [0, 0.05) is 13.0 Å². The van der Waals surface area contributed by atoms with Crippen LogP contribution in [0.2, 0.25) is 0 Å². The highest BCUT2D eigenvalue weighted by atomic mass is 16.6. The summed E-state index contributed by atoms with van der Waals surface area (Å²) in [5, 5.41) is 0. The van der Waals surface area contributed by atoms with E-state index in [0.717, 1.165) is 25.0 Å². The lowest BCUT2D eigenvalue weighted by Gasteiger charge is -2.37. The molecule has 0 aromatic heterocycles. The Morgan fingerprint density at radius 2 is 2.05 bits per heavy atom. The van der Waals surface area contributed by atoms with Crippen molar-refractivity contribution in [3.8, 4) is 0 Å². The van der Waals surface area contributed by atoms with Crippen molar-refractivity contribution in [3.05, 3.63) is 35.9 Å². The molecular weight excluding hydrogens is 244 g/mol. The van der Waals surface area contributed by atoms with Crippen LogP contribution in [-0.2, 0) is 25.6 Å². The van der Waals surface area contributed by atoms with Gasteiger partial charge in [-0.2, -0.15) is 0 Å². The number of rotatable bonds is 3. The molecule has 0 saturated carbocycles.